The molecule has 0 bridgehead atoms. The van der Waals surface area contributed by atoms with E-state index < -0.39 is 17.7 Å². The van der Waals surface area contributed by atoms with Gasteiger partial charge < -0.3 is 9.84 Å². The number of Topliss-reactive ketones (excluding diaryl/α,β-unsaturated/α-hetero) is 1. The maximum atomic E-state index is 13.2. The van der Waals surface area contributed by atoms with Crippen molar-refractivity contribution in [2.45, 2.75) is 33.7 Å². The number of hydrogen-bond acceptors (Lipinski definition) is 5. The summed E-state index contributed by atoms with van der Waals surface area (Å²) in [5.41, 5.74) is 4.17. The number of ketones is 1. The molecule has 1 amide bonds. The lowest BCUT2D eigenvalue weighted by atomic mass is 9.98. The van der Waals surface area contributed by atoms with Gasteiger partial charge in [-0.05, 0) is 86.2 Å². The Morgan fingerprint density at radius 3 is 2.44 bits per heavy atom. The number of thiophene rings is 1. The van der Waals surface area contributed by atoms with Crippen LogP contribution in [0.3, 0.4) is 0 Å². The number of amides is 1. The fraction of sp³-hybridized carbons (Fsp3) is 0.231. The molecule has 0 radical (unpaired) electrons. The Kier molecular flexibility index (Phi) is 5.89. The van der Waals surface area contributed by atoms with E-state index in [0.717, 1.165) is 27.3 Å². The third kappa shape index (κ3) is 3.71. The predicted molar refractivity (Wildman–Crippen MR) is 127 cm³/mol. The molecule has 2 aromatic carbocycles. The van der Waals surface area contributed by atoms with Gasteiger partial charge in [-0.25, -0.2) is 0 Å². The summed E-state index contributed by atoms with van der Waals surface area (Å²) in [5, 5.41) is 13.1. The van der Waals surface area contributed by atoms with Crippen LogP contribution in [-0.2, 0) is 9.59 Å². The third-order valence-corrected chi connectivity index (χ3v) is 6.70. The highest BCUT2D eigenvalue weighted by Crippen LogP contribution is 2.44. The molecule has 0 spiro atoms. The number of anilines is 1. The van der Waals surface area contributed by atoms with E-state index in [9.17, 15) is 14.7 Å². The van der Waals surface area contributed by atoms with E-state index in [0.29, 0.717) is 17.9 Å². The van der Waals surface area contributed by atoms with Gasteiger partial charge in [-0.2, -0.15) is 0 Å². The van der Waals surface area contributed by atoms with Crippen molar-refractivity contribution in [2.75, 3.05) is 11.5 Å². The smallest absolute Gasteiger partial charge is 0.300 e. The molecule has 6 heteroatoms. The maximum absolute atomic E-state index is 13.2. The summed E-state index contributed by atoms with van der Waals surface area (Å²) in [5.74, 6) is -0.796. The minimum absolute atomic E-state index is 0.0965. The number of aliphatic hydroxyl groups excluding tert-OH is 1. The van der Waals surface area contributed by atoms with Gasteiger partial charge in [0.25, 0.3) is 11.7 Å². The number of aryl methyl sites for hydroxylation is 3. The van der Waals surface area contributed by atoms with Crippen molar-refractivity contribution in [1.82, 2.24) is 0 Å². The normalized spacial score (nSPS) is 17.8. The van der Waals surface area contributed by atoms with Crippen LogP contribution in [0.5, 0.6) is 5.75 Å². The Morgan fingerprint density at radius 2 is 1.81 bits per heavy atom. The van der Waals surface area contributed by atoms with Gasteiger partial charge in [0.05, 0.1) is 12.2 Å². The number of benzene rings is 2. The van der Waals surface area contributed by atoms with Crippen LogP contribution in [0.2, 0.25) is 0 Å². The lowest BCUT2D eigenvalue weighted by Crippen LogP contribution is -2.29. The van der Waals surface area contributed by atoms with Gasteiger partial charge in [0.15, 0.2) is 0 Å². The molecule has 4 rings (SSSR count). The first-order chi connectivity index (χ1) is 15.3. The summed E-state index contributed by atoms with van der Waals surface area (Å²) in [6, 6.07) is 14.0. The van der Waals surface area contributed by atoms with Crippen LogP contribution in [-0.4, -0.2) is 23.4 Å². The van der Waals surface area contributed by atoms with E-state index in [1.165, 1.54) is 16.2 Å². The van der Waals surface area contributed by atoms with Crippen molar-refractivity contribution in [3.8, 4) is 5.75 Å². The van der Waals surface area contributed by atoms with Crippen molar-refractivity contribution >= 4 is 34.5 Å². The lowest BCUT2D eigenvalue weighted by molar-refractivity contribution is -0.132. The fourth-order valence-electron chi connectivity index (χ4n) is 3.96. The molecule has 1 aliphatic heterocycles. The Balaban J connectivity index is 1.88. The van der Waals surface area contributed by atoms with E-state index in [1.807, 2.05) is 63.4 Å². The Morgan fingerprint density at radius 1 is 1.03 bits per heavy atom. The summed E-state index contributed by atoms with van der Waals surface area (Å²) >= 11 is 1.45. The molecule has 164 valence electrons. The molecule has 1 fully saturated rings. The first-order valence-electron chi connectivity index (χ1n) is 10.5. The first-order valence-corrected chi connectivity index (χ1v) is 11.4. The van der Waals surface area contributed by atoms with E-state index in [1.54, 1.807) is 18.2 Å². The second kappa shape index (κ2) is 8.63. The number of ether oxygens (including phenoxy) is 1. The quantitative estimate of drug-likeness (QED) is 0.310. The second-order valence-corrected chi connectivity index (χ2v) is 8.85. The van der Waals surface area contributed by atoms with Crippen LogP contribution in [0, 0.1) is 20.8 Å². The van der Waals surface area contributed by atoms with Crippen LogP contribution in [0.4, 0.5) is 5.69 Å². The van der Waals surface area contributed by atoms with Gasteiger partial charge in [0.2, 0.25) is 0 Å². The number of hydrogen-bond donors (Lipinski definition) is 1. The van der Waals surface area contributed by atoms with Gasteiger partial charge >= 0.3 is 0 Å². The van der Waals surface area contributed by atoms with Crippen LogP contribution in [0.1, 0.15) is 40.1 Å². The molecule has 32 heavy (non-hydrogen) atoms. The molecule has 0 saturated carbocycles. The SMILES string of the molecule is CCOc1ccc(/C(O)=C2/C(=O)C(=O)N(c3ccc(C)c(C)c3)C2c2cccs2)cc1C. The topological polar surface area (TPSA) is 66.8 Å². The van der Waals surface area contributed by atoms with Gasteiger partial charge in [0, 0.05) is 16.1 Å². The van der Waals surface area contributed by atoms with Crippen LogP contribution < -0.4 is 9.64 Å². The standard InChI is InChI=1S/C26H25NO4S/c1-5-31-20-11-9-18(13-17(20)4)24(28)22-23(21-7-6-12-32-21)27(26(30)25(22)29)19-10-8-15(2)16(3)14-19/h6-14,23,28H,5H2,1-4H3/b24-22-. The molecule has 1 N–H and O–H groups in total. The van der Waals surface area contributed by atoms with E-state index >= 15 is 0 Å². The minimum atomic E-state index is -0.691. The number of nitrogens with zero attached hydrogens (tertiary/aromatic N) is 1. The first kappa shape index (κ1) is 21.8. The summed E-state index contributed by atoms with van der Waals surface area (Å²) in [6.07, 6.45) is 0. The zero-order chi connectivity index (χ0) is 23.0. The zero-order valence-corrected chi connectivity index (χ0v) is 19.3. The number of aliphatic hydroxyl groups is 1. The zero-order valence-electron chi connectivity index (χ0n) is 18.5. The van der Waals surface area contributed by atoms with Crippen LogP contribution >= 0.6 is 11.3 Å². The average Bonchev–Trinajstić information content (AvgIpc) is 3.38. The minimum Gasteiger partial charge on any atom is -0.507 e. The number of rotatable bonds is 5. The highest BCUT2D eigenvalue weighted by Gasteiger charge is 2.47. The van der Waals surface area contributed by atoms with Crippen molar-refractivity contribution < 1.29 is 19.4 Å². The molecule has 1 unspecified atom stereocenters. The van der Waals surface area contributed by atoms with Gasteiger partial charge in [-0.1, -0.05) is 12.1 Å². The molecule has 2 heterocycles. The molecule has 1 atom stereocenters. The summed E-state index contributed by atoms with van der Waals surface area (Å²) in [7, 11) is 0. The van der Waals surface area contributed by atoms with Crippen molar-refractivity contribution in [1.29, 1.82) is 0 Å². The molecule has 3 aromatic rings. The fourth-order valence-corrected chi connectivity index (χ4v) is 4.78. The largest absolute Gasteiger partial charge is 0.507 e. The van der Waals surface area contributed by atoms with Crippen molar-refractivity contribution in [2.24, 2.45) is 0 Å². The predicted octanol–water partition coefficient (Wildman–Crippen LogP) is 5.70. The Hall–Kier alpha value is -3.38. The molecule has 1 saturated heterocycles. The van der Waals surface area contributed by atoms with E-state index in [2.05, 4.69) is 0 Å². The number of carbonyl (C=O) groups excluding carboxylic acids is 2. The average molecular weight is 448 g/mol. The second-order valence-electron chi connectivity index (χ2n) is 7.87. The number of carbonyl (C=O) groups is 2. The monoisotopic (exact) mass is 447 g/mol. The van der Waals surface area contributed by atoms with Crippen molar-refractivity contribution in [3.05, 3.63) is 86.6 Å². The molecule has 1 aromatic heterocycles. The summed E-state index contributed by atoms with van der Waals surface area (Å²) < 4.78 is 5.59. The summed E-state index contributed by atoms with van der Waals surface area (Å²) in [4.78, 5) is 28.7. The van der Waals surface area contributed by atoms with Crippen LogP contribution in [0.25, 0.3) is 5.76 Å². The maximum Gasteiger partial charge on any atom is 0.300 e. The molecular formula is C26H25NO4S. The molecular weight excluding hydrogens is 422 g/mol. The highest BCUT2D eigenvalue weighted by atomic mass is 32.1. The van der Waals surface area contributed by atoms with Crippen LogP contribution in [0.15, 0.2) is 59.5 Å². The Bertz CT molecular complexity index is 1230. The Labute approximate surface area is 191 Å². The van der Waals surface area contributed by atoms with E-state index in [-0.39, 0.29) is 11.3 Å². The molecule has 5 nitrogen and oxygen atoms in total. The highest BCUT2D eigenvalue weighted by molar-refractivity contribution is 7.10. The third-order valence-electron chi connectivity index (χ3n) is 5.77. The van der Waals surface area contributed by atoms with Gasteiger partial charge in [0.1, 0.15) is 17.6 Å². The van der Waals surface area contributed by atoms with Gasteiger partial charge in [-0.3, -0.25) is 14.5 Å². The van der Waals surface area contributed by atoms with Gasteiger partial charge in [-0.15, -0.1) is 11.3 Å². The summed E-state index contributed by atoms with van der Waals surface area (Å²) in [6.45, 7) is 8.29. The molecule has 0 aliphatic carbocycles. The van der Waals surface area contributed by atoms with E-state index in [4.69, 9.17) is 4.74 Å². The van der Waals surface area contributed by atoms with Crippen molar-refractivity contribution in [3.63, 3.8) is 0 Å². The lowest BCUT2D eigenvalue weighted by Gasteiger charge is -2.25. The molecule has 1 aliphatic rings.